The molecule has 0 amide bonds. The van der Waals surface area contributed by atoms with Crippen LogP contribution in [-0.4, -0.2) is 4.57 Å². The lowest BCUT2D eigenvalue weighted by molar-refractivity contribution is 1.18. The SMILES string of the molecule is c1ccc(N(c2ccc(-c3ccc(-c4ccccc4-n4c5ccccc5c5ccccc54)cc3)cc2)c2cccc3c2sc2ccccc23)cc1. The van der Waals surface area contributed by atoms with Crippen LogP contribution in [0.3, 0.4) is 0 Å². The molecule has 10 aromatic rings. The van der Waals surface area contributed by atoms with Crippen molar-refractivity contribution in [1.29, 1.82) is 0 Å². The smallest absolute Gasteiger partial charge is 0.0640 e. The van der Waals surface area contributed by atoms with Gasteiger partial charge in [0.25, 0.3) is 0 Å². The van der Waals surface area contributed by atoms with Crippen molar-refractivity contribution in [3.05, 3.63) is 194 Å². The Bertz CT molecular complexity index is 2790. The fraction of sp³-hybridized carbons (Fsp3) is 0. The van der Waals surface area contributed by atoms with E-state index in [2.05, 4.69) is 204 Å². The molecule has 0 aliphatic rings. The summed E-state index contributed by atoms with van der Waals surface area (Å²) in [6.45, 7) is 0. The molecule has 240 valence electrons. The van der Waals surface area contributed by atoms with E-state index in [1.165, 1.54) is 75.6 Å². The number of thiophene rings is 1. The lowest BCUT2D eigenvalue weighted by Gasteiger charge is -2.26. The van der Waals surface area contributed by atoms with E-state index < -0.39 is 0 Å². The summed E-state index contributed by atoms with van der Waals surface area (Å²) in [6, 6.07) is 70.2. The second-order valence-electron chi connectivity index (χ2n) is 12.9. The van der Waals surface area contributed by atoms with E-state index in [1.807, 2.05) is 11.3 Å². The van der Waals surface area contributed by atoms with Gasteiger partial charge in [0.05, 0.1) is 27.1 Å². The summed E-state index contributed by atoms with van der Waals surface area (Å²) >= 11 is 1.86. The monoisotopic (exact) mass is 668 g/mol. The minimum Gasteiger partial charge on any atom is -0.309 e. The Morgan fingerprint density at radius 1 is 0.373 bits per heavy atom. The molecule has 0 saturated carbocycles. The normalized spacial score (nSPS) is 11.5. The Balaban J connectivity index is 1.02. The Kier molecular flexibility index (Phi) is 7.04. The summed E-state index contributed by atoms with van der Waals surface area (Å²) in [5, 5.41) is 5.15. The van der Waals surface area contributed by atoms with E-state index in [-0.39, 0.29) is 0 Å². The van der Waals surface area contributed by atoms with Crippen LogP contribution in [-0.2, 0) is 0 Å². The molecular formula is C48H32N2S. The molecule has 0 aliphatic heterocycles. The van der Waals surface area contributed by atoms with Gasteiger partial charge in [0.15, 0.2) is 0 Å². The minimum absolute atomic E-state index is 1.13. The number of aromatic nitrogens is 1. The molecule has 0 aliphatic carbocycles. The van der Waals surface area contributed by atoms with Gasteiger partial charge in [0.2, 0.25) is 0 Å². The highest BCUT2D eigenvalue weighted by atomic mass is 32.1. The van der Waals surface area contributed by atoms with Crippen molar-refractivity contribution in [2.24, 2.45) is 0 Å². The lowest BCUT2D eigenvalue weighted by atomic mass is 9.98. The van der Waals surface area contributed by atoms with Crippen LogP contribution >= 0.6 is 11.3 Å². The summed E-state index contributed by atoms with van der Waals surface area (Å²) in [7, 11) is 0. The molecule has 0 fully saturated rings. The fourth-order valence-corrected chi connectivity index (χ4v) is 8.86. The fourth-order valence-electron chi connectivity index (χ4n) is 7.65. The summed E-state index contributed by atoms with van der Waals surface area (Å²) in [5.74, 6) is 0. The summed E-state index contributed by atoms with van der Waals surface area (Å²) < 4.78 is 5.01. The van der Waals surface area contributed by atoms with Crippen molar-refractivity contribution in [2.75, 3.05) is 4.90 Å². The van der Waals surface area contributed by atoms with E-state index in [4.69, 9.17) is 0 Å². The van der Waals surface area contributed by atoms with Crippen LogP contribution in [0.5, 0.6) is 0 Å². The molecule has 0 unspecified atom stereocenters. The molecule has 0 bridgehead atoms. The first-order chi connectivity index (χ1) is 25.3. The number of rotatable bonds is 6. The average molecular weight is 669 g/mol. The topological polar surface area (TPSA) is 8.17 Å². The minimum atomic E-state index is 1.13. The van der Waals surface area contributed by atoms with Crippen molar-refractivity contribution in [2.45, 2.75) is 0 Å². The predicted molar refractivity (Wildman–Crippen MR) is 219 cm³/mol. The van der Waals surface area contributed by atoms with Crippen LogP contribution in [0.4, 0.5) is 17.1 Å². The number of fused-ring (bicyclic) bond motifs is 6. The van der Waals surface area contributed by atoms with Crippen LogP contribution in [0.15, 0.2) is 194 Å². The van der Waals surface area contributed by atoms with Crippen LogP contribution < -0.4 is 4.90 Å². The van der Waals surface area contributed by atoms with E-state index in [0.717, 1.165) is 11.4 Å². The van der Waals surface area contributed by atoms with E-state index in [9.17, 15) is 0 Å². The third kappa shape index (κ3) is 4.93. The lowest BCUT2D eigenvalue weighted by Crippen LogP contribution is -2.09. The molecule has 10 rings (SSSR count). The molecule has 0 N–H and O–H groups in total. The van der Waals surface area contributed by atoms with Gasteiger partial charge in [-0.15, -0.1) is 11.3 Å². The zero-order valence-corrected chi connectivity index (χ0v) is 28.6. The number of hydrogen-bond donors (Lipinski definition) is 0. The summed E-state index contributed by atoms with van der Waals surface area (Å²) in [5.41, 5.74) is 11.9. The maximum absolute atomic E-state index is 2.41. The quantitative estimate of drug-likeness (QED) is 0.171. The van der Waals surface area contributed by atoms with Crippen LogP contribution in [0.2, 0.25) is 0 Å². The number of anilines is 3. The van der Waals surface area contributed by atoms with Gasteiger partial charge < -0.3 is 9.47 Å². The van der Waals surface area contributed by atoms with E-state index >= 15 is 0 Å². The maximum Gasteiger partial charge on any atom is 0.0640 e. The predicted octanol–water partition coefficient (Wildman–Crippen LogP) is 14.0. The van der Waals surface area contributed by atoms with Crippen molar-refractivity contribution >= 4 is 70.4 Å². The zero-order valence-electron chi connectivity index (χ0n) is 27.8. The second-order valence-corrected chi connectivity index (χ2v) is 14.0. The van der Waals surface area contributed by atoms with Crippen LogP contribution in [0.25, 0.3) is 69.9 Å². The molecule has 8 aromatic carbocycles. The molecule has 2 nitrogen and oxygen atoms in total. The van der Waals surface area contributed by atoms with Crippen LogP contribution in [0.1, 0.15) is 0 Å². The molecule has 0 spiro atoms. The standard InChI is InChI=1S/C48H32N2S/c1-2-13-36(14-3-1)49(46-23-12-19-42-41-18-7-11-24-47(41)51-48(42)46)37-31-29-34(30-32-37)33-25-27-35(28-26-33)38-15-4-8-20-43(38)50-44-21-9-5-16-39(44)40-17-6-10-22-45(40)50/h1-32H. The highest BCUT2D eigenvalue weighted by Crippen LogP contribution is 2.45. The number of nitrogens with zero attached hydrogens (tertiary/aromatic N) is 2. The number of benzene rings is 8. The third-order valence-electron chi connectivity index (χ3n) is 10.0. The first-order valence-corrected chi connectivity index (χ1v) is 18.2. The largest absolute Gasteiger partial charge is 0.309 e. The Morgan fingerprint density at radius 2 is 0.902 bits per heavy atom. The van der Waals surface area contributed by atoms with Crippen molar-refractivity contribution in [3.8, 4) is 27.9 Å². The van der Waals surface area contributed by atoms with E-state index in [0.29, 0.717) is 0 Å². The zero-order chi connectivity index (χ0) is 33.7. The average Bonchev–Trinajstić information content (AvgIpc) is 3.75. The number of hydrogen-bond acceptors (Lipinski definition) is 2. The van der Waals surface area contributed by atoms with Gasteiger partial charge in [0.1, 0.15) is 0 Å². The first-order valence-electron chi connectivity index (χ1n) is 17.4. The van der Waals surface area contributed by atoms with Gasteiger partial charge in [-0.05, 0) is 71.3 Å². The van der Waals surface area contributed by atoms with Gasteiger partial charge in [-0.3, -0.25) is 0 Å². The highest BCUT2D eigenvalue weighted by molar-refractivity contribution is 7.26. The molecule has 2 heterocycles. The summed E-state index contributed by atoms with van der Waals surface area (Å²) in [6.07, 6.45) is 0. The number of para-hydroxylation sites is 4. The van der Waals surface area contributed by atoms with Gasteiger partial charge in [-0.2, -0.15) is 0 Å². The third-order valence-corrected chi connectivity index (χ3v) is 11.2. The van der Waals surface area contributed by atoms with Crippen LogP contribution in [0, 0.1) is 0 Å². The van der Waals surface area contributed by atoms with Crippen molar-refractivity contribution in [1.82, 2.24) is 4.57 Å². The molecule has 0 radical (unpaired) electrons. The Labute approximate surface area is 300 Å². The summed E-state index contributed by atoms with van der Waals surface area (Å²) in [4.78, 5) is 2.39. The van der Waals surface area contributed by atoms with E-state index in [1.54, 1.807) is 0 Å². The highest BCUT2D eigenvalue weighted by Gasteiger charge is 2.18. The molecule has 0 atom stereocenters. The molecule has 51 heavy (non-hydrogen) atoms. The van der Waals surface area contributed by atoms with Gasteiger partial charge >= 0.3 is 0 Å². The maximum atomic E-state index is 2.41. The second kappa shape index (κ2) is 12.2. The first kappa shape index (κ1) is 29.5. The van der Waals surface area contributed by atoms with Gasteiger partial charge in [-0.25, -0.2) is 0 Å². The van der Waals surface area contributed by atoms with Gasteiger partial charge in [-0.1, -0.05) is 140 Å². The van der Waals surface area contributed by atoms with Crippen molar-refractivity contribution in [3.63, 3.8) is 0 Å². The molecular weight excluding hydrogens is 637 g/mol. The molecule has 0 saturated heterocycles. The molecule has 3 heteroatoms. The van der Waals surface area contributed by atoms with Crippen molar-refractivity contribution < 1.29 is 0 Å². The molecule has 2 aromatic heterocycles. The Morgan fingerprint density at radius 3 is 1.63 bits per heavy atom. The Hall–Kier alpha value is -6.42. The van der Waals surface area contributed by atoms with Gasteiger partial charge in [0, 0.05) is 43.2 Å².